The Balaban J connectivity index is 2.00. The van der Waals surface area contributed by atoms with Crippen molar-refractivity contribution in [3.05, 3.63) is 65.9 Å². The highest BCUT2D eigenvalue weighted by Crippen LogP contribution is 2.23. The number of anilines is 1. The number of nitrogens with two attached hydrogens (primary N) is 1. The quantitative estimate of drug-likeness (QED) is 0.720. The largest absolute Gasteiger partial charge is 0.399 e. The number of nitrogens with zero attached hydrogens (tertiary/aromatic N) is 2. The zero-order chi connectivity index (χ0) is 13.2. The van der Waals surface area contributed by atoms with E-state index in [2.05, 4.69) is 5.10 Å². The van der Waals surface area contributed by atoms with E-state index in [1.807, 2.05) is 60.9 Å². The molecule has 3 nitrogen and oxygen atoms in total. The van der Waals surface area contributed by atoms with Crippen molar-refractivity contribution < 1.29 is 0 Å². The lowest BCUT2D eigenvalue weighted by atomic mass is 10.1. The lowest BCUT2D eigenvalue weighted by Crippen LogP contribution is -1.95. The van der Waals surface area contributed by atoms with E-state index in [1.54, 1.807) is 4.68 Å². The Labute approximate surface area is 116 Å². The van der Waals surface area contributed by atoms with Crippen LogP contribution in [0.1, 0.15) is 0 Å². The van der Waals surface area contributed by atoms with Crippen molar-refractivity contribution in [2.24, 2.45) is 0 Å². The predicted molar refractivity (Wildman–Crippen MR) is 78.4 cm³/mol. The van der Waals surface area contributed by atoms with Crippen LogP contribution in [0.4, 0.5) is 5.69 Å². The van der Waals surface area contributed by atoms with Gasteiger partial charge in [0.2, 0.25) is 0 Å². The standard InChI is InChI=1S/C15H12ClN3/c16-13-4-1-3-11(7-13)12-9-18-19(10-12)15-6-2-5-14(17)8-15/h1-10H,17H2. The van der Waals surface area contributed by atoms with Gasteiger partial charge in [-0.2, -0.15) is 5.10 Å². The maximum absolute atomic E-state index is 6.00. The van der Waals surface area contributed by atoms with Crippen LogP contribution < -0.4 is 5.73 Å². The molecular formula is C15H12ClN3. The predicted octanol–water partition coefficient (Wildman–Crippen LogP) is 3.77. The smallest absolute Gasteiger partial charge is 0.0666 e. The minimum atomic E-state index is 0.717. The van der Waals surface area contributed by atoms with Gasteiger partial charge in [0, 0.05) is 22.5 Å². The highest BCUT2D eigenvalue weighted by Gasteiger charge is 2.04. The summed E-state index contributed by atoms with van der Waals surface area (Å²) in [5.74, 6) is 0. The first-order valence-electron chi connectivity index (χ1n) is 5.89. The molecule has 2 aromatic carbocycles. The van der Waals surface area contributed by atoms with E-state index < -0.39 is 0 Å². The van der Waals surface area contributed by atoms with E-state index in [9.17, 15) is 0 Å². The first-order valence-corrected chi connectivity index (χ1v) is 6.27. The molecule has 0 saturated heterocycles. The molecule has 0 atom stereocenters. The van der Waals surface area contributed by atoms with Gasteiger partial charge in [0.15, 0.2) is 0 Å². The van der Waals surface area contributed by atoms with Crippen molar-refractivity contribution in [2.45, 2.75) is 0 Å². The molecule has 0 fully saturated rings. The molecule has 0 saturated carbocycles. The van der Waals surface area contributed by atoms with Crippen LogP contribution >= 0.6 is 11.6 Å². The van der Waals surface area contributed by atoms with Gasteiger partial charge in [-0.05, 0) is 35.9 Å². The molecule has 1 aromatic heterocycles. The lowest BCUT2D eigenvalue weighted by Gasteiger charge is -2.02. The molecule has 4 heteroatoms. The molecule has 0 spiro atoms. The molecular weight excluding hydrogens is 258 g/mol. The Bertz CT molecular complexity index is 659. The number of hydrogen-bond acceptors (Lipinski definition) is 2. The van der Waals surface area contributed by atoms with E-state index >= 15 is 0 Å². The lowest BCUT2D eigenvalue weighted by molar-refractivity contribution is 0.881. The molecule has 0 amide bonds. The summed E-state index contributed by atoms with van der Waals surface area (Å²) in [5, 5.41) is 5.07. The summed E-state index contributed by atoms with van der Waals surface area (Å²) in [6.45, 7) is 0. The van der Waals surface area contributed by atoms with Crippen molar-refractivity contribution >= 4 is 17.3 Å². The molecule has 94 valence electrons. The first-order chi connectivity index (χ1) is 9.22. The van der Waals surface area contributed by atoms with Gasteiger partial charge < -0.3 is 5.73 Å². The van der Waals surface area contributed by atoms with Crippen LogP contribution in [0, 0.1) is 0 Å². The zero-order valence-corrected chi connectivity index (χ0v) is 10.9. The summed E-state index contributed by atoms with van der Waals surface area (Å²) in [4.78, 5) is 0. The van der Waals surface area contributed by atoms with Crippen LogP contribution in [0.15, 0.2) is 60.9 Å². The third-order valence-electron chi connectivity index (χ3n) is 2.88. The third-order valence-corrected chi connectivity index (χ3v) is 3.11. The summed E-state index contributed by atoms with van der Waals surface area (Å²) >= 11 is 6.00. The van der Waals surface area contributed by atoms with Gasteiger partial charge in [-0.15, -0.1) is 0 Å². The van der Waals surface area contributed by atoms with Crippen LogP contribution in [-0.2, 0) is 0 Å². The van der Waals surface area contributed by atoms with Gasteiger partial charge in [0.1, 0.15) is 0 Å². The Kier molecular flexibility index (Phi) is 2.97. The fourth-order valence-electron chi connectivity index (χ4n) is 1.95. The summed E-state index contributed by atoms with van der Waals surface area (Å²) in [5.41, 5.74) is 9.50. The minimum Gasteiger partial charge on any atom is -0.399 e. The van der Waals surface area contributed by atoms with Crippen molar-refractivity contribution in [2.75, 3.05) is 5.73 Å². The fourth-order valence-corrected chi connectivity index (χ4v) is 2.14. The summed E-state index contributed by atoms with van der Waals surface area (Å²) < 4.78 is 1.80. The number of rotatable bonds is 2. The van der Waals surface area contributed by atoms with Gasteiger partial charge in [0.25, 0.3) is 0 Å². The second-order valence-electron chi connectivity index (χ2n) is 4.28. The topological polar surface area (TPSA) is 43.8 Å². The molecule has 19 heavy (non-hydrogen) atoms. The van der Waals surface area contributed by atoms with Crippen LogP contribution in [-0.4, -0.2) is 9.78 Å². The molecule has 3 aromatic rings. The highest BCUT2D eigenvalue weighted by molar-refractivity contribution is 6.30. The summed E-state index contributed by atoms with van der Waals surface area (Å²) in [6.07, 6.45) is 3.77. The zero-order valence-electron chi connectivity index (χ0n) is 10.1. The average molecular weight is 270 g/mol. The monoisotopic (exact) mass is 269 g/mol. The highest BCUT2D eigenvalue weighted by atomic mass is 35.5. The van der Waals surface area contributed by atoms with E-state index in [0.717, 1.165) is 22.5 Å². The van der Waals surface area contributed by atoms with Gasteiger partial charge in [-0.25, -0.2) is 4.68 Å². The van der Waals surface area contributed by atoms with Crippen molar-refractivity contribution in [1.29, 1.82) is 0 Å². The maximum atomic E-state index is 6.00. The van der Waals surface area contributed by atoms with E-state index in [0.29, 0.717) is 5.02 Å². The third kappa shape index (κ3) is 2.46. The molecule has 0 unspecified atom stereocenters. The number of benzene rings is 2. The van der Waals surface area contributed by atoms with Crippen molar-refractivity contribution in [3.8, 4) is 16.8 Å². The van der Waals surface area contributed by atoms with Crippen molar-refractivity contribution in [3.63, 3.8) is 0 Å². The van der Waals surface area contributed by atoms with Gasteiger partial charge in [0.05, 0.1) is 11.9 Å². The van der Waals surface area contributed by atoms with Crippen LogP contribution in [0.25, 0.3) is 16.8 Å². The number of aromatic nitrogens is 2. The molecule has 1 heterocycles. The Morgan fingerprint density at radius 3 is 2.63 bits per heavy atom. The Morgan fingerprint density at radius 1 is 1.00 bits per heavy atom. The molecule has 2 N–H and O–H groups in total. The number of halogens is 1. The van der Waals surface area contributed by atoms with E-state index in [-0.39, 0.29) is 0 Å². The fraction of sp³-hybridized carbons (Fsp3) is 0. The summed E-state index contributed by atoms with van der Waals surface area (Å²) in [7, 11) is 0. The molecule has 0 aliphatic carbocycles. The SMILES string of the molecule is Nc1cccc(-n2cc(-c3cccc(Cl)c3)cn2)c1. The molecule has 3 rings (SSSR count). The molecule has 0 bridgehead atoms. The van der Waals surface area contributed by atoms with E-state index in [4.69, 9.17) is 17.3 Å². The average Bonchev–Trinajstić information content (AvgIpc) is 2.88. The Hall–Kier alpha value is -2.26. The summed E-state index contributed by atoms with van der Waals surface area (Å²) in [6, 6.07) is 15.3. The number of hydrogen-bond donors (Lipinski definition) is 1. The van der Waals surface area contributed by atoms with Gasteiger partial charge in [-0.3, -0.25) is 0 Å². The molecule has 0 radical (unpaired) electrons. The van der Waals surface area contributed by atoms with E-state index in [1.165, 1.54) is 0 Å². The molecule has 0 aliphatic heterocycles. The molecule has 0 aliphatic rings. The minimum absolute atomic E-state index is 0.717. The first kappa shape index (κ1) is 11.8. The second-order valence-corrected chi connectivity index (χ2v) is 4.72. The van der Waals surface area contributed by atoms with Gasteiger partial charge >= 0.3 is 0 Å². The Morgan fingerprint density at radius 2 is 1.84 bits per heavy atom. The van der Waals surface area contributed by atoms with Gasteiger partial charge in [-0.1, -0.05) is 29.8 Å². The second kappa shape index (κ2) is 4.78. The number of nitrogen functional groups attached to an aromatic ring is 1. The van der Waals surface area contributed by atoms with Crippen LogP contribution in [0.2, 0.25) is 5.02 Å². The van der Waals surface area contributed by atoms with Crippen LogP contribution in [0.5, 0.6) is 0 Å². The maximum Gasteiger partial charge on any atom is 0.0666 e. The normalized spacial score (nSPS) is 10.6. The van der Waals surface area contributed by atoms with Crippen LogP contribution in [0.3, 0.4) is 0 Å². The van der Waals surface area contributed by atoms with Crippen molar-refractivity contribution in [1.82, 2.24) is 9.78 Å².